The molecule has 0 atom stereocenters. The normalized spacial score (nSPS) is 11.3. The lowest BCUT2D eigenvalue weighted by Crippen LogP contribution is -2.33. The molecule has 0 heterocycles. The van der Waals surface area contributed by atoms with Gasteiger partial charge in [-0.3, -0.25) is 4.79 Å². The van der Waals surface area contributed by atoms with Crippen LogP contribution >= 0.6 is 0 Å². The van der Waals surface area contributed by atoms with Crippen LogP contribution < -0.4 is 4.74 Å². The number of carbonyl (C=O) groups excluding carboxylic acids is 1. The van der Waals surface area contributed by atoms with E-state index >= 15 is 0 Å². The van der Waals surface area contributed by atoms with Crippen molar-refractivity contribution in [3.63, 3.8) is 0 Å². The number of ketones is 1. The molecule has 0 N–H and O–H groups in total. The van der Waals surface area contributed by atoms with E-state index in [1.54, 1.807) is 26.0 Å². The summed E-state index contributed by atoms with van der Waals surface area (Å²) in [4.78, 5) is 12.1. The van der Waals surface area contributed by atoms with Crippen molar-refractivity contribution in [1.82, 2.24) is 0 Å². The first-order valence-corrected chi connectivity index (χ1v) is 5.84. The van der Waals surface area contributed by atoms with Crippen molar-refractivity contribution in [3.05, 3.63) is 29.8 Å². The molecule has 1 aromatic carbocycles. The second-order valence-electron chi connectivity index (χ2n) is 4.42. The van der Waals surface area contributed by atoms with Gasteiger partial charge in [-0.2, -0.15) is 0 Å². The van der Waals surface area contributed by atoms with Crippen molar-refractivity contribution in [2.75, 3.05) is 13.7 Å². The minimum atomic E-state index is -0.786. The van der Waals surface area contributed by atoms with E-state index in [4.69, 9.17) is 9.47 Å². The summed E-state index contributed by atoms with van der Waals surface area (Å²) in [6, 6.07) is 7.17. The number of benzene rings is 1. The molecule has 0 saturated carbocycles. The summed E-state index contributed by atoms with van der Waals surface area (Å²) >= 11 is 0. The van der Waals surface area contributed by atoms with Crippen LogP contribution in [0.2, 0.25) is 0 Å². The topological polar surface area (TPSA) is 35.5 Å². The zero-order valence-electron chi connectivity index (χ0n) is 10.9. The minimum Gasteiger partial charge on any atom is -0.494 e. The van der Waals surface area contributed by atoms with Crippen LogP contribution in [-0.2, 0) is 4.74 Å². The second kappa shape index (κ2) is 5.82. The Bertz CT molecular complexity index is 366. The predicted octanol–water partition coefficient (Wildman–Crippen LogP) is 3.08. The standard InChI is InChI=1S/C14H20O3/c1-5-10-17-12-8-6-11(7-9-12)13(15)14(2,3)16-4/h6-9H,5,10H2,1-4H3. The molecule has 0 spiro atoms. The molecule has 3 heteroatoms. The molecule has 0 aliphatic carbocycles. The van der Waals surface area contributed by atoms with Crippen LogP contribution in [0.5, 0.6) is 5.75 Å². The van der Waals surface area contributed by atoms with Gasteiger partial charge in [-0.1, -0.05) is 6.92 Å². The average molecular weight is 236 g/mol. The van der Waals surface area contributed by atoms with Gasteiger partial charge in [-0.05, 0) is 44.5 Å². The van der Waals surface area contributed by atoms with Gasteiger partial charge in [0.25, 0.3) is 0 Å². The molecule has 1 rings (SSSR count). The number of rotatable bonds is 6. The van der Waals surface area contributed by atoms with Crippen LogP contribution in [-0.4, -0.2) is 25.1 Å². The minimum absolute atomic E-state index is 0.0259. The fourth-order valence-corrected chi connectivity index (χ4v) is 1.36. The van der Waals surface area contributed by atoms with Gasteiger partial charge in [-0.25, -0.2) is 0 Å². The van der Waals surface area contributed by atoms with Crippen LogP contribution in [0.1, 0.15) is 37.6 Å². The summed E-state index contributed by atoms with van der Waals surface area (Å²) in [6.07, 6.45) is 0.970. The van der Waals surface area contributed by atoms with Crippen LogP contribution in [0.15, 0.2) is 24.3 Å². The van der Waals surface area contributed by atoms with Crippen LogP contribution in [0.25, 0.3) is 0 Å². The van der Waals surface area contributed by atoms with Crippen molar-refractivity contribution in [1.29, 1.82) is 0 Å². The van der Waals surface area contributed by atoms with Crippen molar-refractivity contribution < 1.29 is 14.3 Å². The van der Waals surface area contributed by atoms with Gasteiger partial charge in [0.2, 0.25) is 0 Å². The largest absolute Gasteiger partial charge is 0.494 e. The van der Waals surface area contributed by atoms with Gasteiger partial charge >= 0.3 is 0 Å². The fourth-order valence-electron chi connectivity index (χ4n) is 1.36. The Morgan fingerprint density at radius 2 is 1.82 bits per heavy atom. The van der Waals surface area contributed by atoms with Gasteiger partial charge in [-0.15, -0.1) is 0 Å². The van der Waals surface area contributed by atoms with Gasteiger partial charge < -0.3 is 9.47 Å². The first kappa shape index (κ1) is 13.7. The molecule has 0 unspecified atom stereocenters. The Hall–Kier alpha value is -1.35. The van der Waals surface area contributed by atoms with Crippen molar-refractivity contribution in [2.24, 2.45) is 0 Å². The highest BCUT2D eigenvalue weighted by atomic mass is 16.5. The third-order valence-electron chi connectivity index (χ3n) is 2.65. The fraction of sp³-hybridized carbons (Fsp3) is 0.500. The Balaban J connectivity index is 2.77. The van der Waals surface area contributed by atoms with E-state index in [-0.39, 0.29) is 5.78 Å². The van der Waals surface area contributed by atoms with E-state index in [1.165, 1.54) is 7.11 Å². The molecular weight excluding hydrogens is 216 g/mol. The Morgan fingerprint density at radius 3 is 2.29 bits per heavy atom. The summed E-state index contributed by atoms with van der Waals surface area (Å²) in [5, 5.41) is 0. The van der Waals surface area contributed by atoms with E-state index in [1.807, 2.05) is 12.1 Å². The monoisotopic (exact) mass is 236 g/mol. The predicted molar refractivity (Wildman–Crippen MR) is 67.6 cm³/mol. The van der Waals surface area contributed by atoms with Gasteiger partial charge in [0.1, 0.15) is 11.4 Å². The van der Waals surface area contributed by atoms with Gasteiger partial charge in [0.05, 0.1) is 6.61 Å². The van der Waals surface area contributed by atoms with Crippen molar-refractivity contribution in [3.8, 4) is 5.75 Å². The molecule has 3 nitrogen and oxygen atoms in total. The third kappa shape index (κ3) is 3.56. The number of hydrogen-bond donors (Lipinski definition) is 0. The number of hydrogen-bond acceptors (Lipinski definition) is 3. The molecule has 0 amide bonds. The van der Waals surface area contributed by atoms with E-state index in [0.29, 0.717) is 12.2 Å². The maximum Gasteiger partial charge on any atom is 0.194 e. The summed E-state index contributed by atoms with van der Waals surface area (Å²) in [5.41, 5.74) is -0.146. The molecule has 0 radical (unpaired) electrons. The quantitative estimate of drug-likeness (QED) is 0.712. The van der Waals surface area contributed by atoms with E-state index in [2.05, 4.69) is 6.92 Å². The molecule has 1 aromatic rings. The van der Waals surface area contributed by atoms with E-state index in [0.717, 1.165) is 12.2 Å². The summed E-state index contributed by atoms with van der Waals surface area (Å²) in [5.74, 6) is 0.765. The highest BCUT2D eigenvalue weighted by Gasteiger charge is 2.27. The zero-order valence-corrected chi connectivity index (χ0v) is 10.9. The maximum atomic E-state index is 12.1. The highest BCUT2D eigenvalue weighted by molar-refractivity contribution is 6.02. The average Bonchev–Trinajstić information content (AvgIpc) is 2.36. The second-order valence-corrected chi connectivity index (χ2v) is 4.42. The van der Waals surface area contributed by atoms with Crippen LogP contribution in [0.4, 0.5) is 0 Å². The highest BCUT2D eigenvalue weighted by Crippen LogP contribution is 2.19. The SMILES string of the molecule is CCCOc1ccc(C(=O)C(C)(C)OC)cc1. The maximum absolute atomic E-state index is 12.1. The lowest BCUT2D eigenvalue weighted by molar-refractivity contribution is 0.0228. The molecule has 17 heavy (non-hydrogen) atoms. The molecular formula is C14H20O3. The lowest BCUT2D eigenvalue weighted by Gasteiger charge is -2.21. The molecule has 0 aromatic heterocycles. The van der Waals surface area contributed by atoms with E-state index in [9.17, 15) is 4.79 Å². The first-order valence-electron chi connectivity index (χ1n) is 5.84. The smallest absolute Gasteiger partial charge is 0.194 e. The number of Topliss-reactive ketones (excluding diaryl/α,β-unsaturated/α-hetero) is 1. The van der Waals surface area contributed by atoms with Gasteiger partial charge in [0.15, 0.2) is 5.78 Å². The van der Waals surface area contributed by atoms with Crippen LogP contribution in [0.3, 0.4) is 0 Å². The first-order chi connectivity index (χ1) is 8.01. The molecule has 0 fully saturated rings. The third-order valence-corrected chi connectivity index (χ3v) is 2.65. The van der Waals surface area contributed by atoms with Crippen LogP contribution in [0, 0.1) is 0 Å². The molecule has 0 bridgehead atoms. The van der Waals surface area contributed by atoms with Crippen molar-refractivity contribution in [2.45, 2.75) is 32.8 Å². The molecule has 0 saturated heterocycles. The van der Waals surface area contributed by atoms with E-state index < -0.39 is 5.60 Å². The number of methoxy groups -OCH3 is 1. The Kier molecular flexibility index (Phi) is 4.70. The number of ether oxygens (including phenoxy) is 2. The molecule has 94 valence electrons. The molecule has 0 aliphatic rings. The summed E-state index contributed by atoms with van der Waals surface area (Å²) in [7, 11) is 1.54. The van der Waals surface area contributed by atoms with Gasteiger partial charge in [0, 0.05) is 12.7 Å². The Morgan fingerprint density at radius 1 is 1.24 bits per heavy atom. The molecule has 0 aliphatic heterocycles. The zero-order chi connectivity index (χ0) is 12.9. The number of carbonyl (C=O) groups is 1. The lowest BCUT2D eigenvalue weighted by atomic mass is 9.96. The summed E-state index contributed by atoms with van der Waals surface area (Å²) < 4.78 is 10.6. The summed E-state index contributed by atoms with van der Waals surface area (Å²) in [6.45, 7) is 6.27. The Labute approximate surface area is 103 Å². The van der Waals surface area contributed by atoms with Crippen molar-refractivity contribution >= 4 is 5.78 Å².